The van der Waals surface area contributed by atoms with Gasteiger partial charge in [0.25, 0.3) is 0 Å². The Kier molecular flexibility index (Phi) is 6.35. The Hall–Kier alpha value is -1.21. The molecule has 6 nitrogen and oxygen atoms in total. The third-order valence-electron chi connectivity index (χ3n) is 2.62. The molecule has 114 valence electrons. The summed E-state index contributed by atoms with van der Waals surface area (Å²) in [7, 11) is 0. The zero-order valence-corrected chi connectivity index (χ0v) is 13.6. The van der Waals surface area contributed by atoms with Crippen LogP contribution in [-0.4, -0.2) is 33.9 Å². The molecule has 2 N–H and O–H groups in total. The molecule has 0 bridgehead atoms. The van der Waals surface area contributed by atoms with E-state index < -0.39 is 5.60 Å². The molecule has 1 rings (SSSR count). The Morgan fingerprint density at radius 3 is 2.65 bits per heavy atom. The summed E-state index contributed by atoms with van der Waals surface area (Å²) in [6.07, 6.45) is -0.389. The second-order valence-electron chi connectivity index (χ2n) is 6.01. The van der Waals surface area contributed by atoms with Crippen LogP contribution in [0.3, 0.4) is 0 Å². The van der Waals surface area contributed by atoms with Gasteiger partial charge in [0.1, 0.15) is 5.60 Å². The van der Waals surface area contributed by atoms with Crippen LogP contribution in [-0.2, 0) is 11.3 Å². The van der Waals surface area contributed by atoms with Crippen LogP contribution in [0.15, 0.2) is 5.38 Å². The number of hydrogen-bond donors (Lipinski definition) is 2. The molecule has 0 aliphatic heterocycles. The highest BCUT2D eigenvalue weighted by Gasteiger charge is 2.19. The average molecular weight is 300 g/mol. The Labute approximate surface area is 124 Å². The summed E-state index contributed by atoms with van der Waals surface area (Å²) >= 11 is 1.33. The Morgan fingerprint density at radius 1 is 1.45 bits per heavy atom. The van der Waals surface area contributed by atoms with E-state index in [0.717, 1.165) is 5.69 Å². The van der Waals surface area contributed by atoms with Crippen LogP contribution in [0.25, 0.3) is 0 Å². The first-order chi connectivity index (χ1) is 9.28. The molecule has 1 unspecified atom stereocenters. The third-order valence-corrected chi connectivity index (χ3v) is 3.17. The minimum absolute atomic E-state index is 0.157. The van der Waals surface area contributed by atoms with Crippen LogP contribution in [0, 0.1) is 5.92 Å². The first-order valence-electron chi connectivity index (χ1n) is 6.74. The van der Waals surface area contributed by atoms with E-state index in [0.29, 0.717) is 19.0 Å². The lowest BCUT2D eigenvalue weighted by Gasteiger charge is -2.24. The number of aromatic nitrogens is 2. The van der Waals surface area contributed by atoms with Crippen molar-refractivity contribution in [1.82, 2.24) is 20.2 Å². The highest BCUT2D eigenvalue weighted by Crippen LogP contribution is 2.07. The predicted octanol–water partition coefficient (Wildman–Crippen LogP) is 2.18. The minimum Gasteiger partial charge on any atom is -0.444 e. The van der Waals surface area contributed by atoms with Crippen molar-refractivity contribution in [3.05, 3.63) is 11.1 Å². The summed E-state index contributed by atoms with van der Waals surface area (Å²) in [4.78, 5) is 11.6. The Bertz CT molecular complexity index is 401. The van der Waals surface area contributed by atoms with Crippen LogP contribution < -0.4 is 10.6 Å². The maximum Gasteiger partial charge on any atom is 0.407 e. The lowest BCUT2D eigenvalue weighted by molar-refractivity contribution is 0.0519. The molecule has 0 saturated heterocycles. The maximum atomic E-state index is 11.6. The molecule has 0 aliphatic carbocycles. The Balaban J connectivity index is 2.37. The molecule has 0 radical (unpaired) electrons. The number of rotatable bonds is 6. The fourth-order valence-corrected chi connectivity index (χ4v) is 2.00. The quantitative estimate of drug-likeness (QED) is 0.842. The van der Waals surface area contributed by atoms with Gasteiger partial charge in [-0.25, -0.2) is 4.79 Å². The zero-order valence-electron chi connectivity index (χ0n) is 12.8. The molecule has 1 amide bonds. The topological polar surface area (TPSA) is 76.1 Å². The van der Waals surface area contributed by atoms with E-state index in [1.807, 2.05) is 26.2 Å². The summed E-state index contributed by atoms with van der Waals surface area (Å²) in [5.74, 6) is 0.386. The SMILES string of the molecule is CC(C)C(CNC(=O)OC(C)(C)C)NCc1csnn1. The van der Waals surface area contributed by atoms with Crippen LogP contribution in [0.2, 0.25) is 0 Å². The van der Waals surface area contributed by atoms with E-state index in [2.05, 4.69) is 34.1 Å². The molecule has 0 aromatic carbocycles. The van der Waals surface area contributed by atoms with Gasteiger partial charge >= 0.3 is 6.09 Å². The maximum absolute atomic E-state index is 11.6. The first kappa shape index (κ1) is 16.8. The third kappa shape index (κ3) is 6.81. The van der Waals surface area contributed by atoms with Crippen molar-refractivity contribution >= 4 is 17.6 Å². The van der Waals surface area contributed by atoms with E-state index in [1.165, 1.54) is 11.5 Å². The van der Waals surface area contributed by atoms with Crippen LogP contribution in [0.1, 0.15) is 40.3 Å². The first-order valence-corrected chi connectivity index (χ1v) is 7.58. The molecular formula is C13H24N4O2S. The van der Waals surface area contributed by atoms with E-state index in [9.17, 15) is 4.79 Å². The van der Waals surface area contributed by atoms with Gasteiger partial charge in [0.2, 0.25) is 0 Å². The molecule has 0 fully saturated rings. The molecule has 7 heteroatoms. The summed E-state index contributed by atoms with van der Waals surface area (Å²) < 4.78 is 9.04. The van der Waals surface area contributed by atoms with Crippen molar-refractivity contribution in [2.45, 2.75) is 52.8 Å². The van der Waals surface area contributed by atoms with Gasteiger partial charge in [-0.15, -0.1) is 5.10 Å². The number of amides is 1. The summed E-state index contributed by atoms with van der Waals surface area (Å²) in [6, 6.07) is 0.157. The van der Waals surface area contributed by atoms with Crippen molar-refractivity contribution in [3.63, 3.8) is 0 Å². The van der Waals surface area contributed by atoms with Gasteiger partial charge in [-0.1, -0.05) is 18.3 Å². The lowest BCUT2D eigenvalue weighted by atomic mass is 10.0. The van der Waals surface area contributed by atoms with E-state index >= 15 is 0 Å². The van der Waals surface area contributed by atoms with Gasteiger partial charge in [-0.3, -0.25) is 0 Å². The molecule has 1 atom stereocenters. The van der Waals surface area contributed by atoms with Gasteiger partial charge in [-0.2, -0.15) is 0 Å². The summed E-state index contributed by atoms with van der Waals surface area (Å²) in [6.45, 7) is 10.9. The smallest absolute Gasteiger partial charge is 0.407 e. The number of carbonyl (C=O) groups excluding carboxylic acids is 1. The molecule has 0 spiro atoms. The second-order valence-corrected chi connectivity index (χ2v) is 6.62. The molecule has 0 aliphatic rings. The van der Waals surface area contributed by atoms with E-state index in [1.54, 1.807) is 0 Å². The van der Waals surface area contributed by atoms with E-state index in [4.69, 9.17) is 4.74 Å². The lowest BCUT2D eigenvalue weighted by Crippen LogP contribution is -2.45. The number of nitrogens with zero attached hydrogens (tertiary/aromatic N) is 2. The fourth-order valence-electron chi connectivity index (χ4n) is 1.55. The Morgan fingerprint density at radius 2 is 2.15 bits per heavy atom. The van der Waals surface area contributed by atoms with Crippen molar-refractivity contribution < 1.29 is 9.53 Å². The number of ether oxygens (including phenoxy) is 1. The van der Waals surface area contributed by atoms with Crippen molar-refractivity contribution in [2.75, 3.05) is 6.54 Å². The number of carbonyl (C=O) groups is 1. The second kappa shape index (κ2) is 7.54. The van der Waals surface area contributed by atoms with Crippen molar-refractivity contribution in [3.8, 4) is 0 Å². The summed E-state index contributed by atoms with van der Waals surface area (Å²) in [5.41, 5.74) is 0.440. The number of nitrogens with one attached hydrogen (secondary N) is 2. The predicted molar refractivity (Wildman–Crippen MR) is 79.6 cm³/mol. The van der Waals surface area contributed by atoms with Crippen molar-refractivity contribution in [1.29, 1.82) is 0 Å². The van der Waals surface area contributed by atoms with Crippen LogP contribution in [0.4, 0.5) is 4.79 Å². The van der Waals surface area contributed by atoms with Gasteiger partial charge in [0, 0.05) is 24.5 Å². The number of alkyl carbamates (subject to hydrolysis) is 1. The van der Waals surface area contributed by atoms with E-state index in [-0.39, 0.29) is 12.1 Å². The van der Waals surface area contributed by atoms with Gasteiger partial charge < -0.3 is 15.4 Å². The molecular weight excluding hydrogens is 276 g/mol. The zero-order chi connectivity index (χ0) is 15.2. The van der Waals surface area contributed by atoms with Gasteiger partial charge in [0.05, 0.1) is 5.69 Å². The normalized spacial score (nSPS) is 13.3. The largest absolute Gasteiger partial charge is 0.444 e. The molecule has 0 saturated carbocycles. The highest BCUT2D eigenvalue weighted by molar-refractivity contribution is 7.03. The molecule has 1 aromatic heterocycles. The van der Waals surface area contributed by atoms with Gasteiger partial charge in [0.15, 0.2) is 0 Å². The number of hydrogen-bond acceptors (Lipinski definition) is 6. The fraction of sp³-hybridized carbons (Fsp3) is 0.769. The van der Waals surface area contributed by atoms with Crippen LogP contribution in [0.5, 0.6) is 0 Å². The summed E-state index contributed by atoms with van der Waals surface area (Å²) in [5, 5.41) is 12.1. The molecule has 20 heavy (non-hydrogen) atoms. The van der Waals surface area contributed by atoms with Crippen molar-refractivity contribution in [2.24, 2.45) is 5.92 Å². The van der Waals surface area contributed by atoms with Crippen LogP contribution >= 0.6 is 11.5 Å². The minimum atomic E-state index is -0.475. The average Bonchev–Trinajstić information content (AvgIpc) is 2.78. The monoisotopic (exact) mass is 300 g/mol. The van der Waals surface area contributed by atoms with Gasteiger partial charge in [-0.05, 0) is 38.2 Å². The standard InChI is InChI=1S/C13H24N4O2S/c1-9(2)11(14-6-10-8-20-17-16-10)7-15-12(18)19-13(3,4)5/h8-9,11,14H,6-7H2,1-5H3,(H,15,18). The molecule has 1 aromatic rings. The highest BCUT2D eigenvalue weighted by atomic mass is 32.1. The molecule has 1 heterocycles.